The fraction of sp³-hybridized carbons (Fsp3) is 0.357. The van der Waals surface area contributed by atoms with Gasteiger partial charge in [0.1, 0.15) is 0 Å². The number of carbonyl (C=O) groups is 2. The minimum Gasteiger partial charge on any atom is -0.452 e. The van der Waals surface area contributed by atoms with Gasteiger partial charge in [-0.3, -0.25) is 4.79 Å². The molecule has 0 heterocycles. The van der Waals surface area contributed by atoms with Gasteiger partial charge < -0.3 is 20.7 Å². The van der Waals surface area contributed by atoms with Crippen molar-refractivity contribution < 1.29 is 14.3 Å². The van der Waals surface area contributed by atoms with E-state index in [9.17, 15) is 9.59 Å². The summed E-state index contributed by atoms with van der Waals surface area (Å²) < 4.78 is 4.95. The van der Waals surface area contributed by atoms with Crippen LogP contribution in [0, 0.1) is 11.3 Å². The van der Waals surface area contributed by atoms with E-state index in [-0.39, 0.29) is 13.0 Å². The van der Waals surface area contributed by atoms with E-state index in [4.69, 9.17) is 15.7 Å². The number of ether oxygens (including phenoxy) is 1. The number of nitrogens with zero attached hydrogens (tertiary/aromatic N) is 2. The van der Waals surface area contributed by atoms with Gasteiger partial charge in [-0.25, -0.2) is 4.79 Å². The SMILES string of the molecule is CN(C)c1ccc(N)cc1C(=O)OCC(=O)NCCC#N. The number of nitrogens with one attached hydrogen (secondary N) is 1. The standard InChI is InChI=1S/C14H18N4O3/c1-18(2)12-5-4-10(16)8-11(12)14(20)21-9-13(19)17-7-3-6-15/h4-5,8H,3,7,9,16H2,1-2H3,(H,17,19). The van der Waals surface area contributed by atoms with Crippen LogP contribution in [0.25, 0.3) is 0 Å². The molecule has 0 atom stereocenters. The molecule has 3 N–H and O–H groups in total. The third-order valence-corrected chi connectivity index (χ3v) is 2.62. The summed E-state index contributed by atoms with van der Waals surface area (Å²) in [5.41, 5.74) is 7.05. The molecule has 0 aliphatic rings. The highest BCUT2D eigenvalue weighted by Gasteiger charge is 2.16. The molecular formula is C14H18N4O3. The van der Waals surface area contributed by atoms with Gasteiger partial charge in [0.25, 0.3) is 5.91 Å². The second kappa shape index (κ2) is 7.75. The maximum absolute atomic E-state index is 12.0. The van der Waals surface area contributed by atoms with E-state index >= 15 is 0 Å². The third kappa shape index (κ3) is 5.03. The number of rotatable bonds is 6. The first-order valence-corrected chi connectivity index (χ1v) is 6.33. The van der Waals surface area contributed by atoms with Crippen molar-refractivity contribution in [2.75, 3.05) is 37.9 Å². The fourth-order valence-electron chi connectivity index (χ4n) is 1.62. The molecule has 0 aliphatic heterocycles. The van der Waals surface area contributed by atoms with Crippen molar-refractivity contribution >= 4 is 23.3 Å². The van der Waals surface area contributed by atoms with Crippen LogP contribution < -0.4 is 16.0 Å². The van der Waals surface area contributed by atoms with Gasteiger partial charge in [-0.1, -0.05) is 0 Å². The molecule has 0 bridgehead atoms. The number of nitrogens with two attached hydrogens (primary N) is 1. The van der Waals surface area contributed by atoms with Crippen LogP contribution in [0.3, 0.4) is 0 Å². The molecule has 1 amide bonds. The largest absolute Gasteiger partial charge is 0.452 e. The highest BCUT2D eigenvalue weighted by molar-refractivity contribution is 5.97. The minimum atomic E-state index is -0.624. The summed E-state index contributed by atoms with van der Waals surface area (Å²) in [4.78, 5) is 25.2. The molecule has 7 nitrogen and oxygen atoms in total. The van der Waals surface area contributed by atoms with Crippen molar-refractivity contribution in [3.05, 3.63) is 23.8 Å². The summed E-state index contributed by atoms with van der Waals surface area (Å²) in [7, 11) is 3.58. The van der Waals surface area contributed by atoms with Crippen LogP contribution >= 0.6 is 0 Å². The van der Waals surface area contributed by atoms with Gasteiger partial charge >= 0.3 is 5.97 Å². The van der Waals surface area contributed by atoms with Crippen molar-refractivity contribution in [1.82, 2.24) is 5.32 Å². The fourth-order valence-corrected chi connectivity index (χ4v) is 1.62. The van der Waals surface area contributed by atoms with E-state index in [0.717, 1.165) is 0 Å². The van der Waals surface area contributed by atoms with Gasteiger partial charge in [0.05, 0.1) is 23.7 Å². The Morgan fingerprint density at radius 3 is 2.76 bits per heavy atom. The van der Waals surface area contributed by atoms with Crippen LogP contribution in [0.1, 0.15) is 16.8 Å². The van der Waals surface area contributed by atoms with Crippen LogP contribution in [0.2, 0.25) is 0 Å². The normalized spacial score (nSPS) is 9.57. The van der Waals surface area contributed by atoms with Crippen molar-refractivity contribution in [3.63, 3.8) is 0 Å². The molecule has 7 heteroatoms. The molecule has 1 aromatic rings. The van der Waals surface area contributed by atoms with Gasteiger partial charge in [-0.2, -0.15) is 5.26 Å². The zero-order valence-electron chi connectivity index (χ0n) is 12.0. The monoisotopic (exact) mass is 290 g/mol. The molecular weight excluding hydrogens is 272 g/mol. The van der Waals surface area contributed by atoms with Crippen LogP contribution in [-0.4, -0.2) is 39.1 Å². The Balaban J connectivity index is 2.66. The summed E-state index contributed by atoms with van der Waals surface area (Å²) in [5, 5.41) is 10.8. The smallest absolute Gasteiger partial charge is 0.340 e. The van der Waals surface area contributed by atoms with Crippen molar-refractivity contribution in [3.8, 4) is 6.07 Å². The van der Waals surface area contributed by atoms with Crippen molar-refractivity contribution in [2.24, 2.45) is 0 Å². The number of benzene rings is 1. The summed E-state index contributed by atoms with van der Waals surface area (Å²) in [6.07, 6.45) is 0.208. The number of anilines is 2. The molecule has 0 unspecified atom stereocenters. The number of nitrogen functional groups attached to an aromatic ring is 1. The summed E-state index contributed by atoms with van der Waals surface area (Å²) >= 11 is 0. The second-order valence-corrected chi connectivity index (χ2v) is 4.51. The number of hydrogen-bond donors (Lipinski definition) is 2. The maximum atomic E-state index is 12.0. The van der Waals surface area contributed by atoms with E-state index in [1.54, 1.807) is 31.1 Å². The first-order chi connectivity index (χ1) is 9.95. The summed E-state index contributed by atoms with van der Waals surface area (Å²) in [6.45, 7) is -0.167. The number of esters is 1. The lowest BCUT2D eigenvalue weighted by atomic mass is 10.1. The number of amides is 1. The summed E-state index contributed by atoms with van der Waals surface area (Å²) in [6, 6.07) is 6.79. The average Bonchev–Trinajstić information content (AvgIpc) is 2.44. The zero-order valence-corrected chi connectivity index (χ0v) is 12.0. The zero-order chi connectivity index (χ0) is 15.8. The molecule has 0 saturated heterocycles. The molecule has 21 heavy (non-hydrogen) atoms. The third-order valence-electron chi connectivity index (χ3n) is 2.62. The maximum Gasteiger partial charge on any atom is 0.340 e. The number of hydrogen-bond acceptors (Lipinski definition) is 6. The lowest BCUT2D eigenvalue weighted by Gasteiger charge is -2.17. The minimum absolute atomic E-state index is 0.208. The van der Waals surface area contributed by atoms with E-state index in [0.29, 0.717) is 16.9 Å². The molecule has 0 fully saturated rings. The van der Waals surface area contributed by atoms with Crippen LogP contribution in [0.15, 0.2) is 18.2 Å². The first kappa shape index (κ1) is 16.3. The van der Waals surface area contributed by atoms with E-state index in [1.165, 1.54) is 6.07 Å². The van der Waals surface area contributed by atoms with Crippen LogP contribution in [0.4, 0.5) is 11.4 Å². The molecule has 0 aromatic heterocycles. The Labute approximate surface area is 123 Å². The predicted octanol–water partition coefficient (Wildman–Crippen LogP) is 0.521. The van der Waals surface area contributed by atoms with E-state index in [1.807, 2.05) is 6.07 Å². The molecule has 1 rings (SSSR count). The van der Waals surface area contributed by atoms with Crippen molar-refractivity contribution in [1.29, 1.82) is 5.26 Å². The van der Waals surface area contributed by atoms with Gasteiger partial charge in [-0.15, -0.1) is 0 Å². The lowest BCUT2D eigenvalue weighted by molar-refractivity contribution is -0.124. The van der Waals surface area contributed by atoms with E-state index < -0.39 is 18.5 Å². The topological polar surface area (TPSA) is 108 Å². The Hall–Kier alpha value is -2.75. The number of nitriles is 1. The molecule has 0 spiro atoms. The Morgan fingerprint density at radius 2 is 2.14 bits per heavy atom. The summed E-state index contributed by atoms with van der Waals surface area (Å²) in [5.74, 6) is -1.07. The van der Waals surface area contributed by atoms with Gasteiger partial charge in [0.2, 0.25) is 0 Å². The first-order valence-electron chi connectivity index (χ1n) is 6.33. The predicted molar refractivity (Wildman–Crippen MR) is 78.7 cm³/mol. The molecule has 0 radical (unpaired) electrons. The van der Waals surface area contributed by atoms with Gasteiger partial charge in [0.15, 0.2) is 6.61 Å². The van der Waals surface area contributed by atoms with Gasteiger partial charge in [0, 0.05) is 26.3 Å². The van der Waals surface area contributed by atoms with Crippen LogP contribution in [-0.2, 0) is 9.53 Å². The quantitative estimate of drug-likeness (QED) is 0.449. The average molecular weight is 290 g/mol. The Bertz CT molecular complexity index is 564. The lowest BCUT2D eigenvalue weighted by Crippen LogP contribution is -2.29. The Kier molecular flexibility index (Phi) is 6.01. The molecule has 0 aliphatic carbocycles. The van der Waals surface area contributed by atoms with Crippen molar-refractivity contribution in [2.45, 2.75) is 6.42 Å². The van der Waals surface area contributed by atoms with Gasteiger partial charge in [-0.05, 0) is 18.2 Å². The number of carbonyl (C=O) groups excluding carboxylic acids is 2. The molecule has 112 valence electrons. The highest BCUT2D eigenvalue weighted by Crippen LogP contribution is 2.22. The highest BCUT2D eigenvalue weighted by atomic mass is 16.5. The molecule has 1 aromatic carbocycles. The van der Waals surface area contributed by atoms with E-state index in [2.05, 4.69) is 5.32 Å². The Morgan fingerprint density at radius 1 is 1.43 bits per heavy atom. The second-order valence-electron chi connectivity index (χ2n) is 4.51. The van der Waals surface area contributed by atoms with Crippen LogP contribution in [0.5, 0.6) is 0 Å². The molecule has 0 saturated carbocycles.